The number of aromatic nitrogens is 1. The van der Waals surface area contributed by atoms with E-state index in [2.05, 4.69) is 10.3 Å². The molecule has 0 spiro atoms. The molecule has 4 rings (SSSR count). The lowest BCUT2D eigenvalue weighted by Gasteiger charge is -2.28. The molecule has 29 heavy (non-hydrogen) atoms. The van der Waals surface area contributed by atoms with E-state index in [1.165, 1.54) is 6.07 Å². The highest BCUT2D eigenvalue weighted by molar-refractivity contribution is 5.95. The Morgan fingerprint density at radius 3 is 3.03 bits per heavy atom. The van der Waals surface area contributed by atoms with Gasteiger partial charge in [0.25, 0.3) is 0 Å². The van der Waals surface area contributed by atoms with E-state index in [0.29, 0.717) is 30.1 Å². The third-order valence-corrected chi connectivity index (χ3v) is 5.37. The molecule has 2 heterocycles. The summed E-state index contributed by atoms with van der Waals surface area (Å²) in [7, 11) is 1.57. The van der Waals surface area contributed by atoms with Gasteiger partial charge < -0.3 is 25.5 Å². The van der Waals surface area contributed by atoms with Crippen LogP contribution in [0.25, 0.3) is 10.9 Å². The maximum atomic E-state index is 13.5. The van der Waals surface area contributed by atoms with Crippen molar-refractivity contribution in [3.8, 4) is 11.5 Å². The van der Waals surface area contributed by atoms with E-state index in [0.717, 1.165) is 41.4 Å². The normalized spacial score (nSPS) is 15.7. The number of methoxy groups -OCH3 is 1. The second-order valence-electron chi connectivity index (χ2n) is 7.26. The predicted molar refractivity (Wildman–Crippen MR) is 109 cm³/mol. The molecule has 1 atom stereocenters. The number of halogens is 1. The Bertz CT molecular complexity index is 1050. The van der Waals surface area contributed by atoms with Crippen molar-refractivity contribution in [3.05, 3.63) is 59.0 Å². The molecule has 1 aliphatic heterocycles. The summed E-state index contributed by atoms with van der Waals surface area (Å²) in [5.41, 5.74) is 8.82. The first-order valence-corrected chi connectivity index (χ1v) is 9.68. The second kappa shape index (κ2) is 8.13. The van der Waals surface area contributed by atoms with Gasteiger partial charge in [0.2, 0.25) is 5.91 Å². The Kier molecular flexibility index (Phi) is 5.40. The van der Waals surface area contributed by atoms with Crippen LogP contribution in [0.1, 0.15) is 27.9 Å². The number of nitrogens with one attached hydrogen (secondary N) is 2. The molecule has 152 valence electrons. The number of ether oxygens (including phenoxy) is 2. The summed E-state index contributed by atoms with van der Waals surface area (Å²) in [4.78, 5) is 15.0. The Morgan fingerprint density at radius 2 is 2.24 bits per heavy atom. The van der Waals surface area contributed by atoms with Gasteiger partial charge in [-0.2, -0.15) is 0 Å². The van der Waals surface area contributed by atoms with Crippen LogP contribution in [0.15, 0.2) is 36.5 Å². The molecular weight excluding hydrogens is 373 g/mol. The Balaban J connectivity index is 1.37. The van der Waals surface area contributed by atoms with E-state index in [-0.39, 0.29) is 11.9 Å². The Hall–Kier alpha value is -3.06. The van der Waals surface area contributed by atoms with Gasteiger partial charge in [-0.05, 0) is 61.7 Å². The van der Waals surface area contributed by atoms with Crippen LogP contribution >= 0.6 is 0 Å². The maximum absolute atomic E-state index is 13.5. The van der Waals surface area contributed by atoms with Crippen molar-refractivity contribution in [2.24, 2.45) is 5.73 Å². The van der Waals surface area contributed by atoms with Crippen LogP contribution in [-0.2, 0) is 12.8 Å². The second-order valence-corrected chi connectivity index (χ2v) is 7.26. The Labute approximate surface area is 168 Å². The van der Waals surface area contributed by atoms with E-state index in [9.17, 15) is 9.18 Å². The molecule has 1 aliphatic rings. The summed E-state index contributed by atoms with van der Waals surface area (Å²) in [5.74, 6) is 0.507. The van der Waals surface area contributed by atoms with Gasteiger partial charge in [0.1, 0.15) is 12.4 Å². The van der Waals surface area contributed by atoms with Crippen molar-refractivity contribution in [2.75, 3.05) is 20.3 Å². The summed E-state index contributed by atoms with van der Waals surface area (Å²) >= 11 is 0. The molecule has 1 amide bonds. The van der Waals surface area contributed by atoms with Crippen LogP contribution < -0.4 is 20.5 Å². The number of primary amides is 1. The molecule has 2 aromatic carbocycles. The van der Waals surface area contributed by atoms with E-state index >= 15 is 0 Å². The topological polar surface area (TPSA) is 89.4 Å². The van der Waals surface area contributed by atoms with Gasteiger partial charge in [0, 0.05) is 34.3 Å². The summed E-state index contributed by atoms with van der Waals surface area (Å²) in [6.45, 7) is 1.27. The van der Waals surface area contributed by atoms with Gasteiger partial charge in [-0.25, -0.2) is 4.39 Å². The van der Waals surface area contributed by atoms with Gasteiger partial charge >= 0.3 is 0 Å². The first kappa shape index (κ1) is 19.3. The minimum atomic E-state index is -0.472. The molecule has 0 radical (unpaired) electrons. The number of benzene rings is 2. The molecule has 6 nitrogen and oxygen atoms in total. The lowest BCUT2D eigenvalue weighted by molar-refractivity contribution is 0.0997. The van der Waals surface area contributed by atoms with Gasteiger partial charge in [0.05, 0.1) is 7.11 Å². The molecule has 0 bridgehead atoms. The molecule has 0 fully saturated rings. The predicted octanol–water partition coefficient (Wildman–Crippen LogP) is 2.94. The number of hydrogen-bond donors (Lipinski definition) is 3. The van der Waals surface area contributed by atoms with Crippen molar-refractivity contribution < 1.29 is 18.7 Å². The van der Waals surface area contributed by atoms with Crippen LogP contribution in [0, 0.1) is 5.82 Å². The standard InChI is InChI=1S/C22H24FN3O3/c1-28-20-7-5-16(22(24)27)18-10-15(12-29-21(18)20)25-8-2-3-13-11-26-19-6-4-14(23)9-17(13)19/h4-7,9,11,15,25-26H,2-3,8,10,12H2,1H3,(H2,24,27)/t15-/m1/s1. The fourth-order valence-corrected chi connectivity index (χ4v) is 3.92. The lowest BCUT2D eigenvalue weighted by Crippen LogP contribution is -2.40. The number of amides is 1. The smallest absolute Gasteiger partial charge is 0.249 e. The largest absolute Gasteiger partial charge is 0.493 e. The van der Waals surface area contributed by atoms with Gasteiger partial charge in [-0.15, -0.1) is 0 Å². The average molecular weight is 397 g/mol. The van der Waals surface area contributed by atoms with Crippen molar-refractivity contribution in [1.82, 2.24) is 10.3 Å². The Morgan fingerprint density at radius 1 is 1.38 bits per heavy atom. The zero-order chi connectivity index (χ0) is 20.4. The van der Waals surface area contributed by atoms with Crippen molar-refractivity contribution >= 4 is 16.8 Å². The number of aryl methyl sites for hydroxylation is 1. The minimum absolute atomic E-state index is 0.0770. The number of rotatable bonds is 7. The molecule has 0 aliphatic carbocycles. The zero-order valence-electron chi connectivity index (χ0n) is 16.3. The summed E-state index contributed by atoms with van der Waals surface area (Å²) in [6, 6.07) is 8.25. The van der Waals surface area contributed by atoms with E-state index in [1.54, 1.807) is 31.4 Å². The summed E-state index contributed by atoms with van der Waals surface area (Å²) < 4.78 is 24.7. The first-order chi connectivity index (χ1) is 14.1. The minimum Gasteiger partial charge on any atom is -0.493 e. The highest BCUT2D eigenvalue weighted by Crippen LogP contribution is 2.37. The van der Waals surface area contributed by atoms with E-state index in [1.807, 2.05) is 6.20 Å². The van der Waals surface area contributed by atoms with E-state index < -0.39 is 5.91 Å². The highest BCUT2D eigenvalue weighted by atomic mass is 19.1. The molecule has 0 saturated carbocycles. The third kappa shape index (κ3) is 3.91. The molecule has 7 heteroatoms. The van der Waals surface area contributed by atoms with Crippen molar-refractivity contribution in [1.29, 1.82) is 0 Å². The monoisotopic (exact) mass is 397 g/mol. The number of nitrogens with two attached hydrogens (primary N) is 1. The fourth-order valence-electron chi connectivity index (χ4n) is 3.92. The number of H-pyrrole nitrogens is 1. The first-order valence-electron chi connectivity index (χ1n) is 9.68. The van der Waals surface area contributed by atoms with Crippen molar-refractivity contribution in [2.45, 2.75) is 25.3 Å². The van der Waals surface area contributed by atoms with Gasteiger partial charge in [-0.1, -0.05) is 0 Å². The number of aromatic amines is 1. The highest BCUT2D eigenvalue weighted by Gasteiger charge is 2.26. The van der Waals surface area contributed by atoms with Gasteiger partial charge in [-0.3, -0.25) is 4.79 Å². The van der Waals surface area contributed by atoms with E-state index in [4.69, 9.17) is 15.2 Å². The maximum Gasteiger partial charge on any atom is 0.249 e. The van der Waals surface area contributed by atoms with Crippen LogP contribution in [-0.4, -0.2) is 37.2 Å². The van der Waals surface area contributed by atoms with Crippen molar-refractivity contribution in [3.63, 3.8) is 0 Å². The lowest BCUT2D eigenvalue weighted by atomic mass is 9.96. The molecule has 0 saturated heterocycles. The average Bonchev–Trinajstić information content (AvgIpc) is 3.12. The molecular formula is C22H24FN3O3. The third-order valence-electron chi connectivity index (χ3n) is 5.37. The van der Waals surface area contributed by atoms with Crippen LogP contribution in [0.4, 0.5) is 4.39 Å². The SMILES string of the molecule is COc1ccc(C(N)=O)c2c1OC[C@H](NCCCc1c[nH]c3ccc(F)cc13)C2. The molecule has 3 aromatic rings. The number of carbonyl (C=O) groups excluding carboxylic acids is 1. The van der Waals surface area contributed by atoms with Crippen LogP contribution in [0.2, 0.25) is 0 Å². The quantitative estimate of drug-likeness (QED) is 0.535. The number of carbonyl (C=O) groups is 1. The molecule has 1 aromatic heterocycles. The van der Waals surface area contributed by atoms with Gasteiger partial charge in [0.15, 0.2) is 11.5 Å². The molecule has 4 N–H and O–H groups in total. The van der Waals surface area contributed by atoms with Crippen LogP contribution in [0.5, 0.6) is 11.5 Å². The zero-order valence-corrected chi connectivity index (χ0v) is 16.3. The van der Waals surface area contributed by atoms with Crippen LogP contribution in [0.3, 0.4) is 0 Å². The summed E-state index contributed by atoms with van der Waals surface area (Å²) in [5, 5.41) is 4.41. The fraction of sp³-hybridized carbons (Fsp3) is 0.318. The number of hydrogen-bond acceptors (Lipinski definition) is 4. The summed E-state index contributed by atoms with van der Waals surface area (Å²) in [6.07, 6.45) is 4.31. The number of fused-ring (bicyclic) bond motifs is 2. The molecule has 0 unspecified atom stereocenters.